The summed E-state index contributed by atoms with van der Waals surface area (Å²) < 4.78 is 47.8. The summed E-state index contributed by atoms with van der Waals surface area (Å²) in [7, 11) is -5.08. The van der Waals surface area contributed by atoms with E-state index in [2.05, 4.69) is 35.5 Å². The van der Waals surface area contributed by atoms with E-state index in [0.29, 0.717) is 12.8 Å². The topological polar surface area (TPSA) is 192 Å². The maximum atomic E-state index is 13.1. The predicted octanol–water partition coefficient (Wildman–Crippen LogP) is 14.6. The monoisotopic (exact) mass is 1050 g/mol. The standard InChI is InChI=1S/C59H115NO11S/c1-3-5-7-9-11-13-15-17-18-19-20-21-22-23-24-25-26-27-28-29-30-31-32-33-34-35-36-37-39-41-43-45-47-49-55(63)60-52(53(62)48-46-44-42-40-38-16-14-12-10-8-6-4-2)51-69-59-57(65)58(71-72(66,67)68)56(64)54(50-61)70-59/h23-24,52-54,56-59,61-62,64-65H,3-22,25-51H2,1-2H3,(H,60,63)(H,66,67,68)/b24-23-. The normalized spacial score (nSPS) is 19.3. The zero-order chi connectivity index (χ0) is 52.6. The molecule has 0 radical (unpaired) electrons. The molecule has 1 saturated heterocycles. The number of carbonyl (C=O) groups is 1. The number of hydrogen-bond acceptors (Lipinski definition) is 10. The summed E-state index contributed by atoms with van der Waals surface area (Å²) in [5.41, 5.74) is 0. The van der Waals surface area contributed by atoms with E-state index in [1.165, 1.54) is 225 Å². The molecule has 428 valence electrons. The van der Waals surface area contributed by atoms with Crippen LogP contribution in [0.1, 0.15) is 303 Å². The molecule has 0 aliphatic carbocycles. The van der Waals surface area contributed by atoms with Gasteiger partial charge in [0, 0.05) is 6.42 Å². The van der Waals surface area contributed by atoms with Crippen molar-refractivity contribution >= 4 is 16.3 Å². The van der Waals surface area contributed by atoms with Crippen LogP contribution in [0.5, 0.6) is 0 Å². The fraction of sp³-hybridized carbons (Fsp3) is 0.949. The fourth-order valence-electron chi connectivity index (χ4n) is 10.1. The zero-order valence-corrected chi connectivity index (χ0v) is 47.3. The Morgan fingerprint density at radius 1 is 0.542 bits per heavy atom. The second-order valence-corrected chi connectivity index (χ2v) is 22.7. The minimum atomic E-state index is -5.08. The van der Waals surface area contributed by atoms with E-state index in [4.69, 9.17) is 9.47 Å². The summed E-state index contributed by atoms with van der Waals surface area (Å²) in [6.07, 6.45) is 51.1. The number of nitrogens with one attached hydrogen (secondary N) is 1. The lowest BCUT2D eigenvalue weighted by atomic mass is 9.99. The van der Waals surface area contributed by atoms with Gasteiger partial charge in [-0.05, 0) is 38.5 Å². The van der Waals surface area contributed by atoms with Crippen molar-refractivity contribution in [2.45, 2.75) is 346 Å². The smallest absolute Gasteiger partial charge is 0.394 e. The SMILES string of the molecule is CCCCCCCCCCCCCC/C=C\CCCCCCCCCCCCCCCCCCCC(=O)NC(COC1OC(CO)C(O)C(OS(=O)(=O)O)C1O)C(O)CCCCCCCCCCCCCC. The van der Waals surface area contributed by atoms with Crippen molar-refractivity contribution in [3.63, 3.8) is 0 Å². The van der Waals surface area contributed by atoms with Gasteiger partial charge in [-0.3, -0.25) is 9.35 Å². The Bertz CT molecular complexity index is 1320. The molecule has 1 aliphatic heterocycles. The van der Waals surface area contributed by atoms with Crippen LogP contribution < -0.4 is 5.32 Å². The average Bonchev–Trinajstić information content (AvgIpc) is 3.36. The van der Waals surface area contributed by atoms with Crippen molar-refractivity contribution in [2.24, 2.45) is 0 Å². The number of aliphatic hydroxyl groups is 4. The van der Waals surface area contributed by atoms with Gasteiger partial charge in [0.1, 0.15) is 24.4 Å². The van der Waals surface area contributed by atoms with Gasteiger partial charge >= 0.3 is 10.4 Å². The van der Waals surface area contributed by atoms with Crippen LogP contribution in [0.2, 0.25) is 0 Å². The molecule has 6 N–H and O–H groups in total. The highest BCUT2D eigenvalue weighted by molar-refractivity contribution is 7.80. The summed E-state index contributed by atoms with van der Waals surface area (Å²) in [6.45, 7) is 3.48. The molecule has 1 fully saturated rings. The lowest BCUT2D eigenvalue weighted by Crippen LogP contribution is -2.61. The second-order valence-electron chi connectivity index (χ2n) is 21.6. The van der Waals surface area contributed by atoms with E-state index < -0.39 is 59.9 Å². The lowest BCUT2D eigenvalue weighted by Gasteiger charge is -2.41. The molecule has 1 rings (SSSR count). The molecule has 0 aromatic rings. The highest BCUT2D eigenvalue weighted by Crippen LogP contribution is 2.26. The van der Waals surface area contributed by atoms with Gasteiger partial charge in [0.05, 0.1) is 25.4 Å². The van der Waals surface area contributed by atoms with E-state index in [1.54, 1.807) is 0 Å². The highest BCUT2D eigenvalue weighted by Gasteiger charge is 2.48. The van der Waals surface area contributed by atoms with Crippen molar-refractivity contribution in [3.05, 3.63) is 12.2 Å². The van der Waals surface area contributed by atoms with Crippen LogP contribution in [0.4, 0.5) is 0 Å². The van der Waals surface area contributed by atoms with Gasteiger partial charge in [-0.1, -0.05) is 270 Å². The van der Waals surface area contributed by atoms with Gasteiger partial charge in [-0.25, -0.2) is 4.18 Å². The van der Waals surface area contributed by atoms with Crippen molar-refractivity contribution < 1.29 is 51.8 Å². The quantitative estimate of drug-likeness (QED) is 0.0193. The molecule has 0 aromatic heterocycles. The lowest BCUT2D eigenvalue weighted by molar-refractivity contribution is -0.298. The summed E-state index contributed by atoms with van der Waals surface area (Å²) in [4.78, 5) is 13.1. The Kier molecular flexibility index (Phi) is 47.3. The van der Waals surface area contributed by atoms with Crippen LogP contribution in [-0.4, -0.2) is 95.4 Å². The Balaban J connectivity index is 2.18. The molecule has 0 bridgehead atoms. The van der Waals surface area contributed by atoms with E-state index >= 15 is 0 Å². The Morgan fingerprint density at radius 2 is 0.889 bits per heavy atom. The Hall–Kier alpha value is -1.16. The van der Waals surface area contributed by atoms with E-state index in [0.717, 1.165) is 51.4 Å². The molecule has 13 heteroatoms. The second kappa shape index (κ2) is 49.4. The minimum absolute atomic E-state index is 0.225. The first kappa shape index (κ1) is 68.9. The molecular weight excluding hydrogens is 931 g/mol. The number of allylic oxidation sites excluding steroid dienone is 2. The van der Waals surface area contributed by atoms with Gasteiger partial charge in [-0.15, -0.1) is 0 Å². The molecule has 0 saturated carbocycles. The van der Waals surface area contributed by atoms with Gasteiger partial charge in [-0.2, -0.15) is 8.42 Å². The van der Waals surface area contributed by atoms with Crippen molar-refractivity contribution in [1.29, 1.82) is 0 Å². The number of amides is 1. The highest BCUT2D eigenvalue weighted by atomic mass is 32.3. The van der Waals surface area contributed by atoms with Gasteiger partial charge in [0.25, 0.3) is 0 Å². The maximum Gasteiger partial charge on any atom is 0.397 e. The number of hydrogen-bond donors (Lipinski definition) is 6. The number of aliphatic hydroxyl groups excluding tert-OH is 4. The third-order valence-electron chi connectivity index (χ3n) is 14.8. The maximum absolute atomic E-state index is 13.1. The molecule has 7 atom stereocenters. The van der Waals surface area contributed by atoms with Crippen LogP contribution in [0.25, 0.3) is 0 Å². The zero-order valence-electron chi connectivity index (χ0n) is 46.5. The van der Waals surface area contributed by atoms with Crippen molar-refractivity contribution in [2.75, 3.05) is 13.2 Å². The molecular formula is C59H115NO11S. The summed E-state index contributed by atoms with van der Waals surface area (Å²) in [5.74, 6) is -0.225. The summed E-state index contributed by atoms with van der Waals surface area (Å²) in [6, 6.07) is -0.854. The first-order chi connectivity index (χ1) is 35.0. The van der Waals surface area contributed by atoms with Crippen LogP contribution in [0.15, 0.2) is 12.2 Å². The average molecular weight is 1050 g/mol. The number of ether oxygens (including phenoxy) is 2. The van der Waals surface area contributed by atoms with E-state index in [-0.39, 0.29) is 12.5 Å². The van der Waals surface area contributed by atoms with E-state index in [1.807, 2.05) is 0 Å². The van der Waals surface area contributed by atoms with Crippen LogP contribution in [0, 0.1) is 0 Å². The van der Waals surface area contributed by atoms with E-state index in [9.17, 15) is 38.2 Å². The number of carbonyl (C=O) groups excluding carboxylic acids is 1. The molecule has 7 unspecified atom stereocenters. The number of unbranched alkanes of at least 4 members (excludes halogenated alkanes) is 40. The molecule has 12 nitrogen and oxygen atoms in total. The minimum Gasteiger partial charge on any atom is -0.394 e. The summed E-state index contributed by atoms with van der Waals surface area (Å²) >= 11 is 0. The largest absolute Gasteiger partial charge is 0.397 e. The van der Waals surface area contributed by atoms with Gasteiger partial charge in [0.2, 0.25) is 5.91 Å². The molecule has 1 aliphatic rings. The molecule has 72 heavy (non-hydrogen) atoms. The van der Waals surface area contributed by atoms with Crippen LogP contribution >= 0.6 is 0 Å². The predicted molar refractivity (Wildman–Crippen MR) is 296 cm³/mol. The Labute approximate surface area is 442 Å². The van der Waals surface area contributed by atoms with Gasteiger partial charge in [0.15, 0.2) is 6.29 Å². The Morgan fingerprint density at radius 3 is 1.25 bits per heavy atom. The molecule has 0 aromatic carbocycles. The first-order valence-corrected chi connectivity index (χ1v) is 31.9. The molecule has 1 amide bonds. The van der Waals surface area contributed by atoms with Gasteiger partial charge < -0.3 is 35.2 Å². The van der Waals surface area contributed by atoms with Crippen molar-refractivity contribution in [1.82, 2.24) is 5.32 Å². The molecule has 0 spiro atoms. The van der Waals surface area contributed by atoms with Crippen LogP contribution in [0.3, 0.4) is 0 Å². The number of rotatable bonds is 54. The summed E-state index contributed by atoms with van der Waals surface area (Å²) in [5, 5.41) is 45.0. The third-order valence-corrected chi connectivity index (χ3v) is 15.3. The van der Waals surface area contributed by atoms with Crippen molar-refractivity contribution in [3.8, 4) is 0 Å². The molecule has 1 heterocycles. The fourth-order valence-corrected chi connectivity index (χ4v) is 10.6. The first-order valence-electron chi connectivity index (χ1n) is 30.6. The van der Waals surface area contributed by atoms with Crippen LogP contribution in [-0.2, 0) is 28.9 Å². The third kappa shape index (κ3) is 41.1.